The first kappa shape index (κ1) is 22.4. The van der Waals surface area contributed by atoms with Crippen molar-refractivity contribution < 1.29 is 42.9 Å². The molecular formula is C20H24O9. The Hall–Kier alpha value is -2.94. The van der Waals surface area contributed by atoms with Crippen LogP contribution >= 0.6 is 0 Å². The molecular weight excluding hydrogens is 384 g/mol. The molecule has 2 rings (SSSR count). The smallest absolute Gasteiger partial charge is 0.303 e. The fourth-order valence-corrected chi connectivity index (χ4v) is 3.14. The molecule has 1 aromatic rings. The lowest BCUT2D eigenvalue weighted by molar-refractivity contribution is -0.254. The molecule has 9 nitrogen and oxygen atoms in total. The highest BCUT2D eigenvalue weighted by Gasteiger charge is 2.52. The number of ether oxygens (including phenoxy) is 5. The predicted octanol–water partition coefficient (Wildman–Crippen LogP) is 1.48. The van der Waals surface area contributed by atoms with Gasteiger partial charge in [0.15, 0.2) is 18.3 Å². The van der Waals surface area contributed by atoms with Gasteiger partial charge in [-0.2, -0.15) is 0 Å². The molecule has 0 aliphatic carbocycles. The molecule has 5 atom stereocenters. The Balaban J connectivity index is 2.49. The highest BCUT2D eigenvalue weighted by atomic mass is 16.7. The van der Waals surface area contributed by atoms with Crippen LogP contribution < -0.4 is 0 Å². The van der Waals surface area contributed by atoms with Gasteiger partial charge in [0.05, 0.1) is 0 Å². The van der Waals surface area contributed by atoms with Gasteiger partial charge in [0.2, 0.25) is 0 Å². The summed E-state index contributed by atoms with van der Waals surface area (Å²) in [6.45, 7) is 4.55. The van der Waals surface area contributed by atoms with E-state index in [1.807, 2.05) is 0 Å². The summed E-state index contributed by atoms with van der Waals surface area (Å²) in [5, 5.41) is 0. The minimum absolute atomic E-state index is 0.249. The summed E-state index contributed by atoms with van der Waals surface area (Å²) in [6, 6.07) is 8.84. The van der Waals surface area contributed by atoms with Crippen LogP contribution in [-0.2, 0) is 42.9 Å². The van der Waals surface area contributed by atoms with Crippen molar-refractivity contribution in [2.75, 3.05) is 6.61 Å². The van der Waals surface area contributed by atoms with Gasteiger partial charge >= 0.3 is 23.9 Å². The van der Waals surface area contributed by atoms with Crippen molar-refractivity contribution in [2.24, 2.45) is 0 Å². The summed E-state index contributed by atoms with van der Waals surface area (Å²) in [6.07, 6.45) is -5.21. The lowest BCUT2D eigenvalue weighted by Gasteiger charge is -2.44. The van der Waals surface area contributed by atoms with Crippen molar-refractivity contribution in [1.29, 1.82) is 0 Å². The minimum Gasteiger partial charge on any atom is -0.463 e. The van der Waals surface area contributed by atoms with Gasteiger partial charge in [-0.3, -0.25) is 19.2 Å². The number of carbonyl (C=O) groups excluding carboxylic acids is 4. The fraction of sp³-hybridized carbons (Fsp3) is 0.500. The molecule has 0 amide bonds. The lowest BCUT2D eigenvalue weighted by Crippen LogP contribution is -2.59. The topological polar surface area (TPSA) is 114 Å². The highest BCUT2D eigenvalue weighted by molar-refractivity contribution is 5.68. The van der Waals surface area contributed by atoms with Crippen molar-refractivity contribution in [1.82, 2.24) is 0 Å². The Morgan fingerprint density at radius 3 is 1.79 bits per heavy atom. The van der Waals surface area contributed by atoms with Crippen LogP contribution in [0.3, 0.4) is 0 Å². The van der Waals surface area contributed by atoms with Gasteiger partial charge in [0, 0.05) is 27.7 Å². The van der Waals surface area contributed by atoms with Gasteiger partial charge in [-0.1, -0.05) is 30.3 Å². The van der Waals surface area contributed by atoms with Crippen LogP contribution in [0.5, 0.6) is 0 Å². The maximum atomic E-state index is 11.8. The highest BCUT2D eigenvalue weighted by Crippen LogP contribution is 2.37. The van der Waals surface area contributed by atoms with E-state index in [2.05, 4.69) is 0 Å². The first-order valence-electron chi connectivity index (χ1n) is 9.04. The standard InChI is InChI=1S/C20H24O9/c1-11(21)25-10-16-18(26-12(2)22)20(28-14(4)24)19(27-13(3)23)17(29-16)15-8-6-5-7-9-15/h5-9,16-20H,10H2,1-4H3/t16-,17-,18+,19+,20-/m0/s1. The predicted molar refractivity (Wildman–Crippen MR) is 97.4 cm³/mol. The van der Waals surface area contributed by atoms with Gasteiger partial charge in [-0.05, 0) is 5.56 Å². The van der Waals surface area contributed by atoms with Crippen LogP contribution in [0.25, 0.3) is 0 Å². The van der Waals surface area contributed by atoms with E-state index in [9.17, 15) is 19.2 Å². The second-order valence-corrected chi connectivity index (χ2v) is 6.53. The molecule has 0 radical (unpaired) electrons. The largest absolute Gasteiger partial charge is 0.463 e. The van der Waals surface area contributed by atoms with Crippen molar-refractivity contribution in [2.45, 2.75) is 58.2 Å². The molecule has 0 aromatic heterocycles. The zero-order chi connectivity index (χ0) is 21.6. The average molecular weight is 408 g/mol. The Labute approximate surface area is 168 Å². The van der Waals surface area contributed by atoms with Crippen molar-refractivity contribution in [3.8, 4) is 0 Å². The van der Waals surface area contributed by atoms with E-state index in [1.54, 1.807) is 30.3 Å². The molecule has 1 heterocycles. The summed E-state index contributed by atoms with van der Waals surface area (Å²) in [5.74, 6) is -2.51. The zero-order valence-corrected chi connectivity index (χ0v) is 16.7. The van der Waals surface area contributed by atoms with Gasteiger partial charge in [0.1, 0.15) is 18.8 Å². The summed E-state index contributed by atoms with van der Waals surface area (Å²) < 4.78 is 27.2. The molecule has 0 saturated carbocycles. The normalized spacial score (nSPS) is 26.1. The molecule has 1 aliphatic heterocycles. The summed E-state index contributed by atoms with van der Waals surface area (Å²) >= 11 is 0. The Morgan fingerprint density at radius 1 is 0.759 bits per heavy atom. The van der Waals surface area contributed by atoms with E-state index in [-0.39, 0.29) is 6.61 Å². The monoisotopic (exact) mass is 408 g/mol. The van der Waals surface area contributed by atoms with E-state index < -0.39 is 54.4 Å². The molecule has 1 fully saturated rings. The number of benzene rings is 1. The third-order valence-corrected chi connectivity index (χ3v) is 4.12. The summed E-state index contributed by atoms with van der Waals surface area (Å²) in [4.78, 5) is 46.5. The van der Waals surface area contributed by atoms with Crippen molar-refractivity contribution >= 4 is 23.9 Å². The molecule has 1 aliphatic rings. The van der Waals surface area contributed by atoms with Crippen LogP contribution in [0.15, 0.2) is 30.3 Å². The molecule has 158 valence electrons. The van der Waals surface area contributed by atoms with Crippen LogP contribution in [0.2, 0.25) is 0 Å². The first-order chi connectivity index (χ1) is 13.7. The molecule has 0 bridgehead atoms. The molecule has 0 unspecified atom stereocenters. The number of carbonyl (C=O) groups is 4. The van der Waals surface area contributed by atoms with E-state index in [0.717, 1.165) is 0 Å². The van der Waals surface area contributed by atoms with Gasteiger partial charge in [-0.15, -0.1) is 0 Å². The van der Waals surface area contributed by atoms with Gasteiger partial charge in [-0.25, -0.2) is 0 Å². The van der Waals surface area contributed by atoms with Crippen molar-refractivity contribution in [3.63, 3.8) is 0 Å². The Kier molecular flexibility index (Phi) is 7.72. The second-order valence-electron chi connectivity index (χ2n) is 6.53. The third kappa shape index (κ3) is 6.28. The molecule has 0 spiro atoms. The molecule has 1 aromatic carbocycles. The van der Waals surface area contributed by atoms with Crippen LogP contribution in [0.1, 0.15) is 39.4 Å². The summed E-state index contributed by atoms with van der Waals surface area (Å²) in [7, 11) is 0. The molecule has 1 saturated heterocycles. The first-order valence-corrected chi connectivity index (χ1v) is 9.04. The fourth-order valence-electron chi connectivity index (χ4n) is 3.14. The van der Waals surface area contributed by atoms with Crippen LogP contribution in [0.4, 0.5) is 0 Å². The van der Waals surface area contributed by atoms with Gasteiger partial charge < -0.3 is 23.7 Å². The van der Waals surface area contributed by atoms with Gasteiger partial charge in [0.25, 0.3) is 0 Å². The van der Waals surface area contributed by atoms with E-state index >= 15 is 0 Å². The molecule has 9 heteroatoms. The Bertz CT molecular complexity index is 746. The number of esters is 4. The lowest BCUT2D eigenvalue weighted by atomic mass is 9.90. The molecule has 29 heavy (non-hydrogen) atoms. The van der Waals surface area contributed by atoms with Crippen LogP contribution in [0, 0.1) is 0 Å². The van der Waals surface area contributed by atoms with E-state index in [1.165, 1.54) is 27.7 Å². The maximum absolute atomic E-state index is 11.8. The SMILES string of the molecule is CC(=O)OC[C@@H]1O[C@@H](c2ccccc2)[C@@H](OC(C)=O)[C@@H](OC(C)=O)[C@@H]1OC(C)=O. The van der Waals surface area contributed by atoms with Crippen molar-refractivity contribution in [3.05, 3.63) is 35.9 Å². The van der Waals surface area contributed by atoms with E-state index in [0.29, 0.717) is 5.56 Å². The van der Waals surface area contributed by atoms with Crippen LogP contribution in [-0.4, -0.2) is 54.9 Å². The summed E-state index contributed by atoms with van der Waals surface area (Å²) in [5.41, 5.74) is 0.644. The quantitative estimate of drug-likeness (QED) is 0.510. The number of hydrogen-bond donors (Lipinski definition) is 0. The number of hydrogen-bond acceptors (Lipinski definition) is 9. The Morgan fingerprint density at radius 2 is 1.28 bits per heavy atom. The third-order valence-electron chi connectivity index (χ3n) is 4.12. The van der Waals surface area contributed by atoms with E-state index in [4.69, 9.17) is 23.7 Å². The average Bonchev–Trinajstić information content (AvgIpc) is 2.63. The zero-order valence-electron chi connectivity index (χ0n) is 16.7. The minimum atomic E-state index is -1.17. The second kappa shape index (κ2) is 10.0. The molecule has 0 N–H and O–H groups in total. The maximum Gasteiger partial charge on any atom is 0.303 e. The number of rotatable bonds is 6.